The molecule has 9 nitrogen and oxygen atoms in total. The Hall–Kier alpha value is -2.03. The summed E-state index contributed by atoms with van der Waals surface area (Å²) in [5, 5.41) is 11.0. The van der Waals surface area contributed by atoms with Crippen LogP contribution in [0, 0.1) is 5.92 Å². The molecule has 2 amide bonds. The Kier molecular flexibility index (Phi) is 5.89. The van der Waals surface area contributed by atoms with Gasteiger partial charge in [0, 0.05) is 45.6 Å². The number of aromatic nitrogens is 4. The van der Waals surface area contributed by atoms with E-state index >= 15 is 0 Å². The maximum absolute atomic E-state index is 12.5. The lowest BCUT2D eigenvalue weighted by atomic mass is 9.78. The van der Waals surface area contributed by atoms with E-state index in [0.29, 0.717) is 31.2 Å². The molecule has 4 rings (SSSR count). The van der Waals surface area contributed by atoms with Crippen molar-refractivity contribution in [3.05, 3.63) is 6.33 Å². The van der Waals surface area contributed by atoms with E-state index in [9.17, 15) is 9.59 Å². The highest BCUT2D eigenvalue weighted by Crippen LogP contribution is 2.39. The van der Waals surface area contributed by atoms with Crippen molar-refractivity contribution in [1.82, 2.24) is 30.0 Å². The topological polar surface area (TPSA) is 93.5 Å². The predicted octanol–water partition coefficient (Wildman–Crippen LogP) is 0.864. The Morgan fingerprint density at radius 2 is 1.82 bits per heavy atom. The molecule has 3 fully saturated rings. The van der Waals surface area contributed by atoms with Gasteiger partial charge in [-0.3, -0.25) is 9.59 Å². The zero-order valence-corrected chi connectivity index (χ0v) is 16.5. The molecule has 1 spiro atoms. The predicted molar refractivity (Wildman–Crippen MR) is 100 cm³/mol. The third kappa shape index (κ3) is 4.51. The van der Waals surface area contributed by atoms with E-state index < -0.39 is 0 Å². The second-order valence-corrected chi connectivity index (χ2v) is 8.39. The minimum atomic E-state index is -0.152. The third-order valence-electron chi connectivity index (χ3n) is 6.49. The van der Waals surface area contributed by atoms with Crippen LogP contribution in [0.25, 0.3) is 0 Å². The molecule has 0 aromatic carbocycles. The van der Waals surface area contributed by atoms with Gasteiger partial charge in [0.25, 0.3) is 0 Å². The van der Waals surface area contributed by atoms with Crippen LogP contribution >= 0.6 is 0 Å². The Morgan fingerprint density at radius 1 is 1.07 bits per heavy atom. The van der Waals surface area contributed by atoms with Crippen LogP contribution < -0.4 is 0 Å². The number of hydrogen-bond acceptors (Lipinski definition) is 6. The normalized spacial score (nSPS) is 24.6. The summed E-state index contributed by atoms with van der Waals surface area (Å²) < 4.78 is 7.78. The Morgan fingerprint density at radius 3 is 2.54 bits per heavy atom. The first kappa shape index (κ1) is 19.3. The number of nitrogens with zero attached hydrogens (tertiary/aromatic N) is 6. The van der Waals surface area contributed by atoms with Gasteiger partial charge in [-0.1, -0.05) is 0 Å². The molecule has 3 aliphatic heterocycles. The van der Waals surface area contributed by atoms with Gasteiger partial charge in [0.2, 0.25) is 11.8 Å². The largest absolute Gasteiger partial charge is 0.375 e. The summed E-state index contributed by atoms with van der Waals surface area (Å²) in [4.78, 5) is 28.9. The first-order valence-electron chi connectivity index (χ1n) is 10.5. The molecular formula is C19H30N6O3. The number of carbonyl (C=O) groups is 2. The highest BCUT2D eigenvalue weighted by atomic mass is 16.5. The van der Waals surface area contributed by atoms with E-state index in [1.165, 1.54) is 6.33 Å². The molecule has 0 saturated carbocycles. The summed E-state index contributed by atoms with van der Waals surface area (Å²) in [7, 11) is 0. The first-order valence-corrected chi connectivity index (χ1v) is 10.5. The summed E-state index contributed by atoms with van der Waals surface area (Å²) in [6.07, 6.45) is 8.50. The van der Waals surface area contributed by atoms with E-state index in [1.807, 2.05) is 9.80 Å². The standard InChI is InChI=1S/C19H30N6O3/c26-17(3-9-25-15-20-21-22-25)24-10-5-19(6-11-24)14-16(4-12-28-19)13-18(27)23-7-1-2-8-23/h15-16H,1-14H2. The van der Waals surface area contributed by atoms with Gasteiger partial charge in [0.05, 0.1) is 12.1 Å². The molecule has 0 N–H and O–H groups in total. The van der Waals surface area contributed by atoms with Gasteiger partial charge < -0.3 is 14.5 Å². The maximum Gasteiger partial charge on any atom is 0.224 e. The quantitative estimate of drug-likeness (QED) is 0.740. The van der Waals surface area contributed by atoms with Crippen LogP contribution in [0.15, 0.2) is 6.33 Å². The minimum Gasteiger partial charge on any atom is -0.375 e. The summed E-state index contributed by atoms with van der Waals surface area (Å²) in [6, 6.07) is 0. The number of likely N-dealkylation sites (tertiary alicyclic amines) is 2. The third-order valence-corrected chi connectivity index (χ3v) is 6.49. The summed E-state index contributed by atoms with van der Waals surface area (Å²) in [5.41, 5.74) is -0.152. The van der Waals surface area contributed by atoms with Crippen LogP contribution in [0.4, 0.5) is 0 Å². The number of piperidine rings is 1. The Bertz CT molecular complexity index is 665. The second-order valence-electron chi connectivity index (χ2n) is 8.39. The van der Waals surface area contributed by atoms with Crippen molar-refractivity contribution in [3.63, 3.8) is 0 Å². The fraction of sp³-hybridized carbons (Fsp3) is 0.842. The van der Waals surface area contributed by atoms with E-state index in [4.69, 9.17) is 4.74 Å². The highest BCUT2D eigenvalue weighted by molar-refractivity contribution is 5.77. The van der Waals surface area contributed by atoms with Gasteiger partial charge in [-0.05, 0) is 54.9 Å². The van der Waals surface area contributed by atoms with Gasteiger partial charge in [-0.25, -0.2) is 4.68 Å². The van der Waals surface area contributed by atoms with E-state index in [1.54, 1.807) is 4.68 Å². The molecule has 1 aromatic heterocycles. The fourth-order valence-electron chi connectivity index (χ4n) is 4.81. The SMILES string of the molecule is O=C(CCn1cnnn1)N1CCC2(CC1)CC(CC(=O)N1CCCC1)CCO2. The van der Waals surface area contributed by atoms with E-state index in [-0.39, 0.29) is 11.5 Å². The number of aryl methyl sites for hydroxylation is 1. The van der Waals surface area contributed by atoms with Crippen LogP contribution in [-0.2, 0) is 20.9 Å². The number of hydrogen-bond donors (Lipinski definition) is 0. The van der Waals surface area contributed by atoms with Gasteiger partial charge in [0.1, 0.15) is 6.33 Å². The zero-order valence-electron chi connectivity index (χ0n) is 16.5. The van der Waals surface area contributed by atoms with E-state index in [2.05, 4.69) is 15.5 Å². The average Bonchev–Trinajstić information content (AvgIpc) is 3.41. The van der Waals surface area contributed by atoms with Crippen molar-refractivity contribution in [2.75, 3.05) is 32.8 Å². The fourth-order valence-corrected chi connectivity index (χ4v) is 4.81. The maximum atomic E-state index is 12.5. The van der Waals surface area contributed by atoms with Gasteiger partial charge in [0.15, 0.2) is 0 Å². The monoisotopic (exact) mass is 390 g/mol. The molecule has 1 atom stereocenters. The van der Waals surface area contributed by atoms with Crippen molar-refractivity contribution in [1.29, 1.82) is 0 Å². The van der Waals surface area contributed by atoms with Crippen LogP contribution in [0.1, 0.15) is 51.4 Å². The van der Waals surface area contributed by atoms with Gasteiger partial charge in [-0.2, -0.15) is 0 Å². The van der Waals surface area contributed by atoms with Crippen LogP contribution in [-0.4, -0.2) is 80.2 Å². The molecule has 0 aliphatic carbocycles. The van der Waals surface area contributed by atoms with Crippen molar-refractivity contribution in [2.24, 2.45) is 5.92 Å². The number of rotatable bonds is 5. The van der Waals surface area contributed by atoms with Crippen molar-refractivity contribution in [2.45, 2.75) is 63.5 Å². The average molecular weight is 390 g/mol. The number of carbonyl (C=O) groups excluding carboxylic acids is 2. The molecule has 1 aromatic rings. The van der Waals surface area contributed by atoms with Crippen LogP contribution in [0.5, 0.6) is 0 Å². The summed E-state index contributed by atoms with van der Waals surface area (Å²) >= 11 is 0. The Labute approximate surface area is 165 Å². The van der Waals surface area contributed by atoms with Gasteiger partial charge in [-0.15, -0.1) is 5.10 Å². The van der Waals surface area contributed by atoms with Crippen LogP contribution in [0.3, 0.4) is 0 Å². The number of ether oxygens (including phenoxy) is 1. The number of amides is 2. The van der Waals surface area contributed by atoms with Crippen molar-refractivity contribution >= 4 is 11.8 Å². The molecule has 0 bridgehead atoms. The van der Waals surface area contributed by atoms with Crippen LogP contribution in [0.2, 0.25) is 0 Å². The molecule has 28 heavy (non-hydrogen) atoms. The molecular weight excluding hydrogens is 360 g/mol. The summed E-state index contributed by atoms with van der Waals surface area (Å²) in [5.74, 6) is 0.862. The number of tetrazole rings is 1. The second kappa shape index (κ2) is 8.55. The lowest BCUT2D eigenvalue weighted by Gasteiger charge is -2.46. The zero-order chi connectivity index (χ0) is 19.4. The lowest BCUT2D eigenvalue weighted by molar-refractivity contribution is -0.149. The molecule has 3 aliphatic rings. The lowest BCUT2D eigenvalue weighted by Crippen LogP contribution is -2.51. The molecule has 154 valence electrons. The van der Waals surface area contributed by atoms with Crippen molar-refractivity contribution < 1.29 is 14.3 Å². The molecule has 9 heteroatoms. The first-order chi connectivity index (χ1) is 13.6. The van der Waals surface area contributed by atoms with E-state index in [0.717, 1.165) is 71.3 Å². The smallest absolute Gasteiger partial charge is 0.224 e. The highest BCUT2D eigenvalue weighted by Gasteiger charge is 2.41. The summed E-state index contributed by atoms with van der Waals surface area (Å²) in [6.45, 7) is 4.53. The minimum absolute atomic E-state index is 0.141. The molecule has 0 radical (unpaired) electrons. The van der Waals surface area contributed by atoms with Gasteiger partial charge >= 0.3 is 0 Å². The molecule has 4 heterocycles. The van der Waals surface area contributed by atoms with Crippen molar-refractivity contribution in [3.8, 4) is 0 Å². The molecule has 1 unspecified atom stereocenters. The Balaban J connectivity index is 1.24. The molecule has 3 saturated heterocycles.